The van der Waals surface area contributed by atoms with E-state index >= 15 is 0 Å². The van der Waals surface area contributed by atoms with Crippen LogP contribution >= 0.6 is 0 Å². The zero-order chi connectivity index (χ0) is 13.3. The average molecular weight is 239 g/mol. The fourth-order valence-corrected chi connectivity index (χ4v) is 1.17. The molecule has 0 aromatic heterocycles. The van der Waals surface area contributed by atoms with Crippen LogP contribution in [0, 0.1) is 0 Å². The predicted molar refractivity (Wildman–Crippen MR) is 67.4 cm³/mol. The topological polar surface area (TPSA) is 55.4 Å². The minimum atomic E-state index is -0.861. The molecule has 96 valence electrons. The Morgan fingerprint density at radius 1 is 1.18 bits per heavy atom. The van der Waals surface area contributed by atoms with Crippen LogP contribution in [-0.2, 0) is 14.3 Å². The van der Waals surface area contributed by atoms with Crippen molar-refractivity contribution in [2.45, 2.75) is 33.6 Å². The lowest BCUT2D eigenvalue weighted by atomic mass is 10.1. The molecular formula is C13H21NO3. The molecule has 0 atom stereocenters. The van der Waals surface area contributed by atoms with E-state index in [1.807, 2.05) is 13.0 Å². The third-order valence-corrected chi connectivity index (χ3v) is 2.18. The molecular weight excluding hydrogens is 218 g/mol. The second kappa shape index (κ2) is 8.56. The second-order valence-corrected chi connectivity index (χ2v) is 4.07. The van der Waals surface area contributed by atoms with Gasteiger partial charge >= 0.3 is 11.9 Å². The smallest absolute Gasteiger partial charge is 0.396 e. The standard InChI is InChI=1S/C13H21NO3/c1-10(2)6-5-7-11(3)8-9-14-12(15)13(16)17-4/h6,8H,5,7,9H2,1-4H3,(H,14,15)/b11-8+. The molecule has 0 bridgehead atoms. The second-order valence-electron chi connectivity index (χ2n) is 4.07. The summed E-state index contributed by atoms with van der Waals surface area (Å²) in [5.41, 5.74) is 2.49. The molecule has 0 aliphatic rings. The molecule has 4 heteroatoms. The van der Waals surface area contributed by atoms with Gasteiger partial charge in [-0.3, -0.25) is 4.79 Å². The number of hydrogen-bond donors (Lipinski definition) is 1. The zero-order valence-electron chi connectivity index (χ0n) is 11.0. The third kappa shape index (κ3) is 8.25. The van der Waals surface area contributed by atoms with Gasteiger partial charge in [0, 0.05) is 6.54 Å². The highest BCUT2D eigenvalue weighted by atomic mass is 16.5. The Balaban J connectivity index is 3.88. The Morgan fingerprint density at radius 2 is 1.82 bits per heavy atom. The van der Waals surface area contributed by atoms with Crippen molar-refractivity contribution in [3.8, 4) is 0 Å². The van der Waals surface area contributed by atoms with E-state index < -0.39 is 11.9 Å². The minimum absolute atomic E-state index is 0.356. The van der Waals surface area contributed by atoms with E-state index in [1.54, 1.807) is 0 Å². The first-order valence-corrected chi connectivity index (χ1v) is 5.62. The van der Waals surface area contributed by atoms with Crippen LogP contribution in [0.4, 0.5) is 0 Å². The van der Waals surface area contributed by atoms with Gasteiger partial charge in [-0.15, -0.1) is 0 Å². The Labute approximate surface area is 103 Å². The summed E-state index contributed by atoms with van der Waals surface area (Å²) in [5.74, 6) is -1.57. The molecule has 0 rings (SSSR count). The molecule has 17 heavy (non-hydrogen) atoms. The van der Waals surface area contributed by atoms with Gasteiger partial charge in [-0.05, 0) is 33.6 Å². The maximum Gasteiger partial charge on any atom is 0.396 e. The number of ether oxygens (including phenoxy) is 1. The summed E-state index contributed by atoms with van der Waals surface area (Å²) in [6, 6.07) is 0. The van der Waals surface area contributed by atoms with Gasteiger partial charge in [0.05, 0.1) is 7.11 Å². The van der Waals surface area contributed by atoms with Gasteiger partial charge in [-0.1, -0.05) is 23.3 Å². The fraction of sp³-hybridized carbons (Fsp3) is 0.538. The van der Waals surface area contributed by atoms with E-state index in [-0.39, 0.29) is 0 Å². The van der Waals surface area contributed by atoms with Gasteiger partial charge in [-0.25, -0.2) is 4.79 Å². The Hall–Kier alpha value is -1.58. The SMILES string of the molecule is COC(=O)C(=O)NC/C=C(\C)CCC=C(C)C. The van der Waals surface area contributed by atoms with Crippen LogP contribution in [0.15, 0.2) is 23.3 Å². The summed E-state index contributed by atoms with van der Waals surface area (Å²) in [7, 11) is 1.18. The molecule has 0 heterocycles. The van der Waals surface area contributed by atoms with Crippen LogP contribution in [0.5, 0.6) is 0 Å². The van der Waals surface area contributed by atoms with E-state index in [9.17, 15) is 9.59 Å². The highest BCUT2D eigenvalue weighted by Crippen LogP contribution is 2.05. The molecule has 0 unspecified atom stereocenters. The molecule has 0 saturated heterocycles. The Kier molecular flexibility index (Phi) is 7.76. The summed E-state index contributed by atoms with van der Waals surface area (Å²) in [5, 5.41) is 2.46. The van der Waals surface area contributed by atoms with Gasteiger partial charge in [0.15, 0.2) is 0 Å². The number of rotatable bonds is 5. The quantitative estimate of drug-likeness (QED) is 0.453. The fourth-order valence-electron chi connectivity index (χ4n) is 1.17. The molecule has 0 radical (unpaired) electrons. The number of esters is 1. The first-order valence-electron chi connectivity index (χ1n) is 5.62. The number of nitrogens with one attached hydrogen (secondary N) is 1. The third-order valence-electron chi connectivity index (χ3n) is 2.18. The lowest BCUT2D eigenvalue weighted by molar-refractivity contribution is -0.152. The molecule has 0 aromatic rings. The maximum absolute atomic E-state index is 11.0. The Morgan fingerprint density at radius 3 is 2.35 bits per heavy atom. The van der Waals surface area contributed by atoms with Gasteiger partial charge in [0.25, 0.3) is 0 Å². The first-order chi connectivity index (χ1) is 7.97. The van der Waals surface area contributed by atoms with E-state index in [0.717, 1.165) is 12.8 Å². The van der Waals surface area contributed by atoms with Gasteiger partial charge in [0.1, 0.15) is 0 Å². The van der Waals surface area contributed by atoms with Crippen LogP contribution in [0.1, 0.15) is 33.6 Å². The first kappa shape index (κ1) is 15.4. The summed E-state index contributed by atoms with van der Waals surface area (Å²) < 4.78 is 4.28. The molecule has 0 saturated carbocycles. The Bertz CT molecular complexity index is 326. The van der Waals surface area contributed by atoms with E-state index in [1.165, 1.54) is 18.3 Å². The predicted octanol–water partition coefficient (Wildman–Crippen LogP) is 1.97. The van der Waals surface area contributed by atoms with Crippen molar-refractivity contribution in [2.24, 2.45) is 0 Å². The van der Waals surface area contributed by atoms with Crippen molar-refractivity contribution in [2.75, 3.05) is 13.7 Å². The van der Waals surface area contributed by atoms with E-state index in [0.29, 0.717) is 6.54 Å². The van der Waals surface area contributed by atoms with Crippen molar-refractivity contribution in [1.29, 1.82) is 0 Å². The zero-order valence-corrected chi connectivity index (χ0v) is 11.0. The largest absolute Gasteiger partial charge is 0.462 e. The number of amides is 1. The van der Waals surface area contributed by atoms with Crippen molar-refractivity contribution in [3.05, 3.63) is 23.3 Å². The number of carbonyl (C=O) groups excluding carboxylic acids is 2. The molecule has 0 aliphatic heterocycles. The van der Waals surface area contributed by atoms with Crippen molar-refractivity contribution in [3.63, 3.8) is 0 Å². The van der Waals surface area contributed by atoms with Gasteiger partial charge < -0.3 is 10.1 Å². The van der Waals surface area contributed by atoms with Crippen LogP contribution in [0.25, 0.3) is 0 Å². The van der Waals surface area contributed by atoms with Crippen LogP contribution in [-0.4, -0.2) is 25.5 Å². The summed E-state index contributed by atoms with van der Waals surface area (Å²) >= 11 is 0. The highest BCUT2D eigenvalue weighted by Gasteiger charge is 2.11. The van der Waals surface area contributed by atoms with E-state index in [4.69, 9.17) is 0 Å². The molecule has 0 aliphatic carbocycles. The van der Waals surface area contributed by atoms with Crippen LogP contribution in [0.3, 0.4) is 0 Å². The van der Waals surface area contributed by atoms with Gasteiger partial charge in [0.2, 0.25) is 0 Å². The van der Waals surface area contributed by atoms with Crippen LogP contribution in [0.2, 0.25) is 0 Å². The van der Waals surface area contributed by atoms with Crippen molar-refractivity contribution < 1.29 is 14.3 Å². The summed E-state index contributed by atoms with van der Waals surface area (Å²) in [6.45, 7) is 6.49. The van der Waals surface area contributed by atoms with Gasteiger partial charge in [-0.2, -0.15) is 0 Å². The maximum atomic E-state index is 11.0. The molecule has 0 spiro atoms. The number of allylic oxidation sites excluding steroid dienone is 3. The molecule has 4 nitrogen and oxygen atoms in total. The highest BCUT2D eigenvalue weighted by molar-refractivity contribution is 6.32. The summed E-state index contributed by atoms with van der Waals surface area (Å²) in [6.07, 6.45) is 6.03. The number of carbonyl (C=O) groups is 2. The number of methoxy groups -OCH3 is 1. The van der Waals surface area contributed by atoms with E-state index in [2.05, 4.69) is 30.0 Å². The van der Waals surface area contributed by atoms with Crippen molar-refractivity contribution >= 4 is 11.9 Å². The van der Waals surface area contributed by atoms with Crippen LogP contribution < -0.4 is 5.32 Å². The number of hydrogen-bond acceptors (Lipinski definition) is 3. The normalized spacial score (nSPS) is 10.7. The van der Waals surface area contributed by atoms with Crippen molar-refractivity contribution in [1.82, 2.24) is 5.32 Å². The molecule has 0 fully saturated rings. The molecule has 1 N–H and O–H groups in total. The monoisotopic (exact) mass is 239 g/mol. The average Bonchev–Trinajstić information content (AvgIpc) is 2.27. The lowest BCUT2D eigenvalue weighted by Gasteiger charge is -2.02. The molecule has 0 aromatic carbocycles. The lowest BCUT2D eigenvalue weighted by Crippen LogP contribution is -2.31. The summed E-state index contributed by atoms with van der Waals surface area (Å²) in [4.78, 5) is 21.8. The minimum Gasteiger partial charge on any atom is -0.462 e. The molecule has 1 amide bonds.